The number of aliphatic hydroxyl groups is 1. The van der Waals surface area contributed by atoms with Gasteiger partial charge in [-0.2, -0.15) is 13.2 Å². The highest BCUT2D eigenvalue weighted by molar-refractivity contribution is 7.15. The normalized spacial score (nSPS) is 12.1. The molecule has 182 valence electrons. The average molecular weight is 492 g/mol. The zero-order valence-electron chi connectivity index (χ0n) is 19.6. The van der Waals surface area contributed by atoms with Crippen molar-refractivity contribution in [2.75, 3.05) is 6.61 Å². The molecule has 4 nitrogen and oxygen atoms in total. The van der Waals surface area contributed by atoms with Gasteiger partial charge in [-0.25, -0.2) is 4.98 Å². The first-order chi connectivity index (χ1) is 15.9. The summed E-state index contributed by atoms with van der Waals surface area (Å²) in [6, 6.07) is 10.2. The highest BCUT2D eigenvalue weighted by atomic mass is 32.1. The number of hydrogen-bond acceptors (Lipinski definition) is 5. The maximum absolute atomic E-state index is 12.8. The number of hydrogen-bond donors (Lipinski definition) is 1. The van der Waals surface area contributed by atoms with E-state index >= 15 is 0 Å². The van der Waals surface area contributed by atoms with Crippen molar-refractivity contribution in [1.82, 2.24) is 4.98 Å². The van der Waals surface area contributed by atoms with E-state index in [1.54, 1.807) is 32.0 Å². The number of ether oxygens (including phenoxy) is 1. The van der Waals surface area contributed by atoms with Crippen LogP contribution in [0.25, 0.3) is 10.6 Å². The van der Waals surface area contributed by atoms with Gasteiger partial charge in [0.25, 0.3) is 0 Å². The first-order valence-electron chi connectivity index (χ1n) is 11.0. The van der Waals surface area contributed by atoms with Gasteiger partial charge in [-0.1, -0.05) is 19.1 Å². The number of aryl methyl sites for hydroxylation is 3. The molecule has 3 aromatic rings. The zero-order chi connectivity index (χ0) is 25.1. The molecule has 0 aliphatic heterocycles. The first kappa shape index (κ1) is 25.9. The lowest BCUT2D eigenvalue weighted by atomic mass is 10.0. The number of aliphatic hydroxyl groups excluding tert-OH is 1. The van der Waals surface area contributed by atoms with E-state index in [0.717, 1.165) is 28.3 Å². The minimum Gasteiger partial charge on any atom is -0.485 e. The van der Waals surface area contributed by atoms with Gasteiger partial charge < -0.3 is 9.84 Å². The van der Waals surface area contributed by atoms with Crippen LogP contribution in [0.2, 0.25) is 0 Å². The number of carbonyl (C=O) groups is 1. The van der Waals surface area contributed by atoms with Crippen LogP contribution in [0.3, 0.4) is 0 Å². The van der Waals surface area contributed by atoms with Crippen molar-refractivity contribution < 1.29 is 27.8 Å². The Bertz CT molecular complexity index is 1150. The van der Waals surface area contributed by atoms with E-state index < -0.39 is 17.3 Å². The highest BCUT2D eigenvalue weighted by Crippen LogP contribution is 2.34. The topological polar surface area (TPSA) is 59.4 Å². The quantitative estimate of drug-likeness (QED) is 0.340. The monoisotopic (exact) mass is 491 g/mol. The third-order valence-electron chi connectivity index (χ3n) is 5.42. The molecule has 0 aliphatic rings. The number of benzene rings is 2. The van der Waals surface area contributed by atoms with E-state index in [9.17, 15) is 23.1 Å². The summed E-state index contributed by atoms with van der Waals surface area (Å²) in [7, 11) is 0. The number of nitrogens with zero attached hydrogens (tertiary/aromatic N) is 1. The number of alkyl halides is 3. The highest BCUT2D eigenvalue weighted by Gasteiger charge is 2.30. The predicted octanol–water partition coefficient (Wildman–Crippen LogP) is 6.66. The van der Waals surface area contributed by atoms with Gasteiger partial charge in [0, 0.05) is 22.4 Å². The Hall–Kier alpha value is -2.71. The van der Waals surface area contributed by atoms with Gasteiger partial charge in [-0.15, -0.1) is 11.3 Å². The predicted molar refractivity (Wildman–Crippen MR) is 128 cm³/mol. The summed E-state index contributed by atoms with van der Waals surface area (Å²) in [5.74, 6) is 0.607. The number of rotatable bonds is 9. The summed E-state index contributed by atoms with van der Waals surface area (Å²) in [6.07, 6.45) is -2.90. The average Bonchev–Trinajstić information content (AvgIpc) is 3.21. The molecular formula is C26H28F3NO3S. The third kappa shape index (κ3) is 6.24. The molecule has 1 N–H and O–H groups in total. The Kier molecular flexibility index (Phi) is 7.83. The second-order valence-corrected chi connectivity index (χ2v) is 9.82. The molecule has 0 bridgehead atoms. The number of thiazole rings is 1. The summed E-state index contributed by atoms with van der Waals surface area (Å²) in [6.45, 7) is 7.26. The fraction of sp³-hybridized carbons (Fsp3) is 0.385. The lowest BCUT2D eigenvalue weighted by Crippen LogP contribution is -2.32. The van der Waals surface area contributed by atoms with Gasteiger partial charge >= 0.3 is 6.18 Å². The van der Waals surface area contributed by atoms with Crippen molar-refractivity contribution in [3.05, 3.63) is 69.7 Å². The van der Waals surface area contributed by atoms with Crippen LogP contribution in [-0.4, -0.2) is 28.1 Å². The van der Waals surface area contributed by atoms with E-state index in [1.807, 2.05) is 13.8 Å². The molecule has 1 heterocycles. The van der Waals surface area contributed by atoms with Crippen LogP contribution < -0.4 is 4.74 Å². The molecule has 0 aliphatic carbocycles. The zero-order valence-corrected chi connectivity index (χ0v) is 20.4. The number of Topliss-reactive ketones (excluding diaryl/α,β-unsaturated/α-hetero) is 1. The molecule has 34 heavy (non-hydrogen) atoms. The van der Waals surface area contributed by atoms with Gasteiger partial charge in [0.1, 0.15) is 16.4 Å². The van der Waals surface area contributed by atoms with Crippen LogP contribution in [0.1, 0.15) is 59.2 Å². The Labute approximate surface area is 201 Å². The first-order valence-corrected chi connectivity index (χ1v) is 11.8. The summed E-state index contributed by atoms with van der Waals surface area (Å²) < 4.78 is 44.3. The largest absolute Gasteiger partial charge is 0.485 e. The lowest BCUT2D eigenvalue weighted by molar-refractivity contribution is -0.137. The van der Waals surface area contributed by atoms with Crippen molar-refractivity contribution in [2.24, 2.45) is 0 Å². The van der Waals surface area contributed by atoms with Gasteiger partial charge in [0.15, 0.2) is 5.78 Å². The maximum Gasteiger partial charge on any atom is 0.416 e. The molecule has 0 fully saturated rings. The second kappa shape index (κ2) is 10.3. The fourth-order valence-corrected chi connectivity index (χ4v) is 4.57. The van der Waals surface area contributed by atoms with Crippen molar-refractivity contribution in [3.63, 3.8) is 0 Å². The van der Waals surface area contributed by atoms with E-state index in [0.29, 0.717) is 41.1 Å². The van der Waals surface area contributed by atoms with Crippen LogP contribution in [0.5, 0.6) is 5.75 Å². The molecule has 0 unspecified atom stereocenters. The molecule has 1 aromatic heterocycles. The van der Waals surface area contributed by atoms with Crippen LogP contribution in [0.4, 0.5) is 13.2 Å². The van der Waals surface area contributed by atoms with Crippen molar-refractivity contribution in [1.29, 1.82) is 0 Å². The Morgan fingerprint density at radius 1 is 1.12 bits per heavy atom. The van der Waals surface area contributed by atoms with Gasteiger partial charge in [-0.05, 0) is 69.5 Å². The molecule has 0 spiro atoms. The summed E-state index contributed by atoms with van der Waals surface area (Å²) in [4.78, 5) is 18.4. The van der Waals surface area contributed by atoms with Crippen LogP contribution in [0.15, 0.2) is 42.5 Å². The minimum atomic E-state index is -4.38. The molecule has 0 saturated carbocycles. The smallest absolute Gasteiger partial charge is 0.416 e. The van der Waals surface area contributed by atoms with E-state index in [4.69, 9.17) is 4.74 Å². The van der Waals surface area contributed by atoms with Gasteiger partial charge in [-0.3, -0.25) is 4.79 Å². The third-order valence-corrected chi connectivity index (χ3v) is 6.62. The van der Waals surface area contributed by atoms with E-state index in [2.05, 4.69) is 4.98 Å². The Morgan fingerprint density at radius 2 is 1.79 bits per heavy atom. The molecule has 8 heteroatoms. The molecule has 0 amide bonds. The van der Waals surface area contributed by atoms with E-state index in [-0.39, 0.29) is 12.4 Å². The molecule has 3 rings (SSSR count). The van der Waals surface area contributed by atoms with Crippen LogP contribution in [-0.2, 0) is 19.0 Å². The number of halogens is 3. The van der Waals surface area contributed by atoms with Crippen LogP contribution >= 0.6 is 11.3 Å². The van der Waals surface area contributed by atoms with Crippen molar-refractivity contribution in [2.45, 2.75) is 58.7 Å². The standard InChI is InChI=1S/C26H28F3NO3S/c1-5-20-23(34-24(30-20)17-6-9-19(10-7-17)26(27,28)29)13-11-21(32)18-8-12-22(16(2)14-18)33-25(3,4)15-31/h6-10,12,14,31H,5,11,13,15H2,1-4H3. The van der Waals surface area contributed by atoms with Crippen LogP contribution in [0, 0.1) is 6.92 Å². The molecular weight excluding hydrogens is 463 g/mol. The SMILES string of the molecule is CCc1nc(-c2ccc(C(F)(F)F)cc2)sc1CCC(=O)c1ccc(OC(C)(C)CO)c(C)c1. The summed E-state index contributed by atoms with van der Waals surface area (Å²) >= 11 is 1.41. The minimum absolute atomic E-state index is 0.0115. The van der Waals surface area contributed by atoms with Gasteiger partial charge in [0.2, 0.25) is 0 Å². The summed E-state index contributed by atoms with van der Waals surface area (Å²) in [5.41, 5.74) is 1.47. The maximum atomic E-state index is 12.8. The van der Waals surface area contributed by atoms with E-state index in [1.165, 1.54) is 23.5 Å². The number of carbonyl (C=O) groups excluding carboxylic acids is 1. The second-order valence-electron chi connectivity index (χ2n) is 8.74. The number of aromatic nitrogens is 1. The number of ketones is 1. The molecule has 0 radical (unpaired) electrons. The molecule has 2 aromatic carbocycles. The Balaban J connectivity index is 1.71. The Morgan fingerprint density at radius 3 is 2.35 bits per heavy atom. The molecule has 0 saturated heterocycles. The summed E-state index contributed by atoms with van der Waals surface area (Å²) in [5, 5.41) is 10.1. The van der Waals surface area contributed by atoms with Gasteiger partial charge in [0.05, 0.1) is 17.9 Å². The van der Waals surface area contributed by atoms with Crippen molar-refractivity contribution in [3.8, 4) is 16.3 Å². The lowest BCUT2D eigenvalue weighted by Gasteiger charge is -2.25. The van der Waals surface area contributed by atoms with Crippen molar-refractivity contribution >= 4 is 17.1 Å². The fourth-order valence-electron chi connectivity index (χ4n) is 3.42. The molecule has 0 atom stereocenters.